The molecule has 0 bridgehead atoms. The number of benzene rings is 9. The normalized spacial score (nSPS) is 12.8. The van der Waals surface area contributed by atoms with Crippen molar-refractivity contribution in [3.63, 3.8) is 0 Å². The van der Waals surface area contributed by atoms with E-state index in [2.05, 4.69) is 238 Å². The fraction of sp³-hybridized carbons (Fsp3) is 0.250. The summed E-state index contributed by atoms with van der Waals surface area (Å²) in [7, 11) is 0. The van der Waals surface area contributed by atoms with E-state index in [4.69, 9.17) is 23.2 Å². The summed E-state index contributed by atoms with van der Waals surface area (Å²) in [6, 6.07) is 56.3. The number of nitrogens with zero attached hydrogens (tertiary/aromatic N) is 2. The van der Waals surface area contributed by atoms with Crippen molar-refractivity contribution in [3.05, 3.63) is 189 Å². The van der Waals surface area contributed by atoms with Crippen LogP contribution in [0, 0.1) is 0 Å². The lowest BCUT2D eigenvalue weighted by molar-refractivity contribution is 0.590. The molecule has 0 unspecified atom stereocenters. The third kappa shape index (κ3) is 8.56. The Labute approximate surface area is 423 Å². The van der Waals surface area contributed by atoms with Crippen LogP contribution in [0.5, 0.6) is 0 Å². The van der Waals surface area contributed by atoms with Crippen molar-refractivity contribution >= 4 is 111 Å². The molecule has 0 saturated heterocycles. The van der Waals surface area contributed by atoms with Crippen LogP contribution in [0.1, 0.15) is 105 Å². The Morgan fingerprint density at radius 1 is 0.377 bits per heavy atom. The molecule has 9 aromatic carbocycles. The summed E-state index contributed by atoms with van der Waals surface area (Å²) in [5.74, 6) is 0. The highest BCUT2D eigenvalue weighted by Crippen LogP contribution is 2.53. The van der Waals surface area contributed by atoms with Gasteiger partial charge in [-0.05, 0) is 142 Å². The predicted molar refractivity (Wildman–Crippen MR) is 305 cm³/mol. The highest BCUT2D eigenvalue weighted by atomic mass is 35.5. The lowest BCUT2D eigenvalue weighted by Gasteiger charge is -2.33. The fourth-order valence-corrected chi connectivity index (χ4v) is 11.4. The second-order valence-electron chi connectivity index (χ2n) is 23.1. The van der Waals surface area contributed by atoms with Crippen LogP contribution >= 0.6 is 34.5 Å². The number of thiophene rings is 1. The third-order valence-corrected chi connectivity index (χ3v) is 15.6. The van der Waals surface area contributed by atoms with E-state index in [0.717, 1.165) is 45.3 Å². The Morgan fingerprint density at radius 3 is 1.39 bits per heavy atom. The Hall–Kier alpha value is -5.84. The molecule has 348 valence electrons. The van der Waals surface area contributed by atoms with E-state index in [1.165, 1.54) is 64.7 Å². The number of rotatable bonds is 7. The smallest absolute Gasteiger partial charge is 0.0888 e. The molecule has 0 atom stereocenters. The summed E-state index contributed by atoms with van der Waals surface area (Å²) < 4.78 is 1.21. The number of hydrogen-bond acceptors (Lipinski definition) is 3. The lowest BCUT2D eigenvalue weighted by Crippen LogP contribution is -2.17. The van der Waals surface area contributed by atoms with Gasteiger partial charge in [0.05, 0.1) is 27.8 Å². The number of hydrogen-bond donors (Lipinski definition) is 0. The molecule has 0 saturated carbocycles. The fourth-order valence-electron chi connectivity index (χ4n) is 9.96. The lowest BCUT2D eigenvalue weighted by atomic mass is 9.83. The molecule has 69 heavy (non-hydrogen) atoms. The summed E-state index contributed by atoms with van der Waals surface area (Å²) >= 11 is 17.4. The Morgan fingerprint density at radius 2 is 0.841 bits per heavy atom. The molecule has 2 nitrogen and oxygen atoms in total. The minimum absolute atomic E-state index is 0.0150. The van der Waals surface area contributed by atoms with Crippen LogP contribution in [0.2, 0.25) is 10.0 Å². The van der Waals surface area contributed by atoms with E-state index < -0.39 is 0 Å². The van der Waals surface area contributed by atoms with Gasteiger partial charge in [0.1, 0.15) is 0 Å². The molecule has 1 aromatic heterocycles. The summed E-state index contributed by atoms with van der Waals surface area (Å²) in [6.07, 6.45) is 0. The minimum Gasteiger partial charge on any atom is -0.308 e. The highest BCUT2D eigenvalue weighted by Gasteiger charge is 2.29. The van der Waals surface area contributed by atoms with Crippen LogP contribution in [0.15, 0.2) is 157 Å². The molecular weight excluding hydrogens is 900 g/mol. The molecule has 0 amide bonds. The molecule has 10 aromatic rings. The molecule has 1 heterocycles. The van der Waals surface area contributed by atoms with Gasteiger partial charge in [-0.2, -0.15) is 0 Å². The van der Waals surface area contributed by atoms with Crippen LogP contribution < -0.4 is 9.80 Å². The van der Waals surface area contributed by atoms with Crippen LogP contribution in [-0.2, 0) is 21.7 Å². The second-order valence-corrected chi connectivity index (χ2v) is 24.8. The van der Waals surface area contributed by atoms with Gasteiger partial charge in [-0.25, -0.2) is 0 Å². The maximum absolute atomic E-state index is 8.16. The van der Waals surface area contributed by atoms with Gasteiger partial charge in [-0.3, -0.25) is 0 Å². The van der Waals surface area contributed by atoms with Crippen LogP contribution in [0.4, 0.5) is 34.1 Å². The van der Waals surface area contributed by atoms with Gasteiger partial charge < -0.3 is 9.80 Å². The van der Waals surface area contributed by atoms with Gasteiger partial charge in [0.25, 0.3) is 0 Å². The van der Waals surface area contributed by atoms with Crippen LogP contribution in [-0.4, -0.2) is 0 Å². The summed E-state index contributed by atoms with van der Waals surface area (Å²) in [5.41, 5.74) is 12.8. The van der Waals surface area contributed by atoms with Gasteiger partial charge in [-0.15, -0.1) is 11.3 Å². The average molecular weight is 962 g/mol. The number of halogens is 2. The van der Waals surface area contributed by atoms with E-state index in [0.29, 0.717) is 10.0 Å². The molecule has 0 N–H and O–H groups in total. The molecule has 0 aliphatic heterocycles. The SMILES string of the molecule is CC(C)(C)c1ccc(N(c2ccc(C(C)(C)C)cc2-c2ccc3ccc4cccc5ccc2c3c45)c2cc(Cl)cc(N(c3ccc(C(C)(C)C)cc3)c3csc4ccc(C(C)(C)C)cc34)c2Cl)cc1. The molecule has 0 fully saturated rings. The first-order chi connectivity index (χ1) is 32.6. The second kappa shape index (κ2) is 16.9. The first-order valence-corrected chi connectivity index (χ1v) is 25.8. The molecule has 5 heteroatoms. The molecule has 10 rings (SSSR count). The van der Waals surface area contributed by atoms with Crippen molar-refractivity contribution in [2.75, 3.05) is 9.80 Å². The van der Waals surface area contributed by atoms with Gasteiger partial charge in [-0.1, -0.05) is 197 Å². The predicted octanol–water partition coefficient (Wildman–Crippen LogP) is 20.9. The third-order valence-electron chi connectivity index (χ3n) is 14.0. The summed E-state index contributed by atoms with van der Waals surface area (Å²) in [5, 5.41) is 12.1. The monoisotopic (exact) mass is 960 g/mol. The van der Waals surface area contributed by atoms with E-state index in [9.17, 15) is 0 Å². The maximum Gasteiger partial charge on any atom is 0.0888 e. The van der Waals surface area contributed by atoms with Crippen LogP contribution in [0.3, 0.4) is 0 Å². The molecule has 0 aliphatic carbocycles. The van der Waals surface area contributed by atoms with Gasteiger partial charge in [0.2, 0.25) is 0 Å². The van der Waals surface area contributed by atoms with Gasteiger partial charge in [0, 0.05) is 37.4 Å². The van der Waals surface area contributed by atoms with Crippen molar-refractivity contribution in [2.24, 2.45) is 0 Å². The number of anilines is 6. The molecule has 0 radical (unpaired) electrons. The Bertz CT molecular complexity index is 3540. The van der Waals surface area contributed by atoms with E-state index >= 15 is 0 Å². The quantitative estimate of drug-likeness (QED) is 0.147. The zero-order valence-corrected chi connectivity index (χ0v) is 44.4. The van der Waals surface area contributed by atoms with Gasteiger partial charge in [0.15, 0.2) is 0 Å². The standard InChI is InChI=1S/C64H62Cl2N2S/c1-61(2,3)42-20-26-47(27-21-42)67(53-32-24-44(63(7,8)9)34-51(53)49-30-18-41-17-16-39-14-13-15-40-19-31-50(49)59(41)58(39)40)54-36-46(65)37-55(60(54)66)68(48-28-22-43(23-29-48)62(4,5)6)56-38-69-57-33-25-45(35-52(56)57)64(10,11)12/h13-38H,1-12H3. The topological polar surface area (TPSA) is 6.48 Å². The van der Waals surface area contributed by atoms with Crippen molar-refractivity contribution in [1.29, 1.82) is 0 Å². The first kappa shape index (κ1) is 46.9. The zero-order valence-electron chi connectivity index (χ0n) is 42.1. The summed E-state index contributed by atoms with van der Waals surface area (Å²) in [4.78, 5) is 4.66. The maximum atomic E-state index is 8.16. The van der Waals surface area contributed by atoms with E-state index in [-0.39, 0.29) is 21.7 Å². The van der Waals surface area contributed by atoms with Crippen molar-refractivity contribution in [3.8, 4) is 11.1 Å². The molecular formula is C64H62Cl2N2S. The largest absolute Gasteiger partial charge is 0.308 e. The minimum atomic E-state index is -0.115. The van der Waals surface area contributed by atoms with Crippen molar-refractivity contribution in [2.45, 2.75) is 105 Å². The average Bonchev–Trinajstić information content (AvgIpc) is 3.72. The zero-order chi connectivity index (χ0) is 48.9. The Kier molecular flexibility index (Phi) is 11.5. The van der Waals surface area contributed by atoms with E-state index in [1.807, 2.05) is 12.1 Å². The number of fused-ring (bicyclic) bond motifs is 1. The highest BCUT2D eigenvalue weighted by molar-refractivity contribution is 7.17. The first-order valence-electron chi connectivity index (χ1n) is 24.2. The van der Waals surface area contributed by atoms with Crippen molar-refractivity contribution in [1.82, 2.24) is 0 Å². The molecule has 0 aliphatic rings. The van der Waals surface area contributed by atoms with Crippen molar-refractivity contribution < 1.29 is 0 Å². The Balaban J connectivity index is 1.27. The molecule has 0 spiro atoms. The van der Waals surface area contributed by atoms with Crippen LogP contribution in [0.25, 0.3) is 53.5 Å². The summed E-state index contributed by atoms with van der Waals surface area (Å²) in [6.45, 7) is 27.3. The van der Waals surface area contributed by atoms with Gasteiger partial charge >= 0.3 is 0 Å². The van der Waals surface area contributed by atoms with E-state index in [1.54, 1.807) is 11.3 Å².